The van der Waals surface area contributed by atoms with Crippen molar-refractivity contribution in [1.82, 2.24) is 4.90 Å². The summed E-state index contributed by atoms with van der Waals surface area (Å²) in [5.41, 5.74) is 1.53. The van der Waals surface area contributed by atoms with Crippen molar-refractivity contribution in [1.29, 1.82) is 0 Å². The minimum atomic E-state index is -0.355. The van der Waals surface area contributed by atoms with Crippen LogP contribution in [0.2, 0.25) is 0 Å². The molecule has 2 aromatic carbocycles. The van der Waals surface area contributed by atoms with Crippen molar-refractivity contribution in [3.8, 4) is 0 Å². The number of amides is 2. The lowest BCUT2D eigenvalue weighted by molar-refractivity contribution is -0.113. The average Bonchev–Trinajstić information content (AvgIpc) is 2.56. The van der Waals surface area contributed by atoms with E-state index in [1.807, 2.05) is 6.07 Å². The van der Waals surface area contributed by atoms with E-state index in [2.05, 4.69) is 21.2 Å². The van der Waals surface area contributed by atoms with Gasteiger partial charge in [0.2, 0.25) is 5.91 Å². The van der Waals surface area contributed by atoms with Crippen molar-refractivity contribution in [3.05, 3.63) is 57.8 Å². The number of benzene rings is 2. The van der Waals surface area contributed by atoms with Crippen LogP contribution < -0.4 is 5.32 Å². The molecule has 0 unspecified atom stereocenters. The normalized spacial score (nSPS) is 13.2. The first-order chi connectivity index (χ1) is 11.4. The molecule has 7 heteroatoms. The van der Waals surface area contributed by atoms with Crippen LogP contribution in [0.25, 0.3) is 0 Å². The smallest absolute Gasteiger partial charge is 0.253 e. The Hall–Kier alpha value is -1.86. The van der Waals surface area contributed by atoms with E-state index in [0.717, 1.165) is 9.37 Å². The Bertz CT molecular complexity index is 828. The van der Waals surface area contributed by atoms with Gasteiger partial charge in [-0.05, 0) is 36.4 Å². The highest BCUT2D eigenvalue weighted by Gasteiger charge is 2.19. The average molecular weight is 409 g/mol. The molecule has 4 nitrogen and oxygen atoms in total. The molecule has 0 saturated carbocycles. The first kappa shape index (κ1) is 17.0. The minimum Gasteiger partial charge on any atom is -0.337 e. The van der Waals surface area contributed by atoms with E-state index in [1.165, 1.54) is 22.7 Å². The molecule has 1 N–H and O–H groups in total. The van der Waals surface area contributed by atoms with Gasteiger partial charge in [0.1, 0.15) is 5.82 Å². The van der Waals surface area contributed by atoms with Crippen LogP contribution in [0.1, 0.15) is 15.9 Å². The molecular weight excluding hydrogens is 395 g/mol. The van der Waals surface area contributed by atoms with Crippen LogP contribution in [-0.2, 0) is 11.3 Å². The Balaban J connectivity index is 1.79. The molecule has 0 aromatic heterocycles. The van der Waals surface area contributed by atoms with Gasteiger partial charge in [-0.1, -0.05) is 15.9 Å². The van der Waals surface area contributed by atoms with E-state index in [9.17, 15) is 14.0 Å². The number of carbonyl (C=O) groups excluding carboxylic acids is 2. The molecule has 2 aromatic rings. The molecule has 124 valence electrons. The lowest BCUT2D eigenvalue weighted by Crippen LogP contribution is -2.27. The van der Waals surface area contributed by atoms with Crippen LogP contribution in [0.3, 0.4) is 0 Å². The number of hydrogen-bond acceptors (Lipinski definition) is 3. The quantitative estimate of drug-likeness (QED) is 0.837. The highest BCUT2D eigenvalue weighted by atomic mass is 79.9. The topological polar surface area (TPSA) is 49.4 Å². The van der Waals surface area contributed by atoms with Crippen LogP contribution >= 0.6 is 27.7 Å². The van der Waals surface area contributed by atoms with Crippen LogP contribution in [0.5, 0.6) is 0 Å². The molecule has 1 aliphatic rings. The molecule has 24 heavy (non-hydrogen) atoms. The molecule has 1 aliphatic heterocycles. The number of nitrogens with one attached hydrogen (secondary N) is 1. The first-order valence-electron chi connectivity index (χ1n) is 7.20. The third-order valence-corrected chi connectivity index (χ3v) is 5.19. The molecule has 0 spiro atoms. The molecule has 2 amide bonds. The zero-order valence-corrected chi connectivity index (χ0v) is 15.2. The number of hydrogen-bond donors (Lipinski definition) is 1. The molecule has 0 atom stereocenters. The maximum atomic E-state index is 13.9. The number of thioether (sulfide) groups is 1. The largest absolute Gasteiger partial charge is 0.337 e. The standard InChI is InChI=1S/C17H14BrFN2O2S/c1-21(8-11-6-12(18)3-4-13(11)19)17(23)10-2-5-15-14(7-10)20-16(22)9-24-15/h2-7H,8-9H2,1H3,(H,20,22). The second kappa shape index (κ2) is 6.94. The van der Waals surface area contributed by atoms with Crippen molar-refractivity contribution in [2.75, 3.05) is 18.1 Å². The van der Waals surface area contributed by atoms with E-state index in [1.54, 1.807) is 31.3 Å². The predicted molar refractivity (Wildman–Crippen MR) is 95.7 cm³/mol. The Labute approximate surface area is 151 Å². The van der Waals surface area contributed by atoms with E-state index in [0.29, 0.717) is 22.6 Å². The van der Waals surface area contributed by atoms with Crippen molar-refractivity contribution in [2.24, 2.45) is 0 Å². The summed E-state index contributed by atoms with van der Waals surface area (Å²) in [6.07, 6.45) is 0. The van der Waals surface area contributed by atoms with Gasteiger partial charge in [0.05, 0.1) is 11.4 Å². The Kier molecular flexibility index (Phi) is 4.91. The van der Waals surface area contributed by atoms with Gasteiger partial charge in [0, 0.05) is 34.1 Å². The van der Waals surface area contributed by atoms with Gasteiger partial charge < -0.3 is 10.2 Å². The highest BCUT2D eigenvalue weighted by Crippen LogP contribution is 2.32. The summed E-state index contributed by atoms with van der Waals surface area (Å²) in [6.45, 7) is 0.155. The molecule has 0 saturated heterocycles. The fourth-order valence-electron chi connectivity index (χ4n) is 2.43. The van der Waals surface area contributed by atoms with E-state index >= 15 is 0 Å². The van der Waals surface area contributed by atoms with Crippen molar-refractivity contribution >= 4 is 45.2 Å². The van der Waals surface area contributed by atoms with E-state index < -0.39 is 0 Å². The summed E-state index contributed by atoms with van der Waals surface area (Å²) in [4.78, 5) is 26.4. The Morgan fingerprint density at radius 1 is 1.33 bits per heavy atom. The number of fused-ring (bicyclic) bond motifs is 1. The van der Waals surface area contributed by atoms with Crippen LogP contribution in [0.4, 0.5) is 10.1 Å². The highest BCUT2D eigenvalue weighted by molar-refractivity contribution is 9.10. The van der Waals surface area contributed by atoms with Crippen LogP contribution in [0, 0.1) is 5.82 Å². The van der Waals surface area contributed by atoms with Crippen LogP contribution in [-0.4, -0.2) is 29.5 Å². The van der Waals surface area contributed by atoms with Crippen molar-refractivity contribution < 1.29 is 14.0 Å². The number of rotatable bonds is 3. The van der Waals surface area contributed by atoms with Gasteiger partial charge in [-0.2, -0.15) is 0 Å². The fourth-order valence-corrected chi connectivity index (χ4v) is 3.63. The summed E-state index contributed by atoms with van der Waals surface area (Å²) in [5, 5.41) is 2.76. The van der Waals surface area contributed by atoms with Gasteiger partial charge in [-0.15, -0.1) is 11.8 Å². The third kappa shape index (κ3) is 3.62. The van der Waals surface area contributed by atoms with Crippen LogP contribution in [0.15, 0.2) is 45.8 Å². The summed E-state index contributed by atoms with van der Waals surface area (Å²) in [6, 6.07) is 9.84. The Morgan fingerprint density at radius 2 is 2.12 bits per heavy atom. The number of anilines is 1. The lowest BCUT2D eigenvalue weighted by atomic mass is 10.1. The van der Waals surface area contributed by atoms with Crippen molar-refractivity contribution in [2.45, 2.75) is 11.4 Å². The molecule has 0 aliphatic carbocycles. The molecule has 0 radical (unpaired) electrons. The zero-order valence-electron chi connectivity index (χ0n) is 12.8. The maximum absolute atomic E-state index is 13.9. The SMILES string of the molecule is CN(Cc1cc(Br)ccc1F)C(=O)c1ccc2c(c1)NC(=O)CS2. The third-order valence-electron chi connectivity index (χ3n) is 3.62. The molecule has 3 rings (SSSR count). The number of halogens is 2. The monoisotopic (exact) mass is 408 g/mol. The van der Waals surface area contributed by atoms with Gasteiger partial charge in [-0.25, -0.2) is 4.39 Å². The lowest BCUT2D eigenvalue weighted by Gasteiger charge is -2.20. The maximum Gasteiger partial charge on any atom is 0.253 e. The van der Waals surface area contributed by atoms with Crippen molar-refractivity contribution in [3.63, 3.8) is 0 Å². The molecule has 0 fully saturated rings. The summed E-state index contributed by atoms with van der Waals surface area (Å²) in [5.74, 6) is -0.293. The minimum absolute atomic E-state index is 0.0818. The predicted octanol–water partition coefficient (Wildman–Crippen LogP) is 3.90. The molecule has 1 heterocycles. The number of nitrogens with zero attached hydrogens (tertiary/aromatic N) is 1. The number of carbonyl (C=O) groups is 2. The van der Waals surface area contributed by atoms with E-state index in [-0.39, 0.29) is 24.2 Å². The van der Waals surface area contributed by atoms with Gasteiger partial charge in [0.25, 0.3) is 5.91 Å². The van der Waals surface area contributed by atoms with E-state index in [4.69, 9.17) is 0 Å². The second-order valence-electron chi connectivity index (χ2n) is 5.44. The molecular formula is C17H14BrFN2O2S. The first-order valence-corrected chi connectivity index (χ1v) is 8.98. The zero-order chi connectivity index (χ0) is 17.3. The fraction of sp³-hybridized carbons (Fsp3) is 0.176. The second-order valence-corrected chi connectivity index (χ2v) is 7.38. The van der Waals surface area contributed by atoms with Gasteiger partial charge in [0.15, 0.2) is 0 Å². The van der Waals surface area contributed by atoms with Gasteiger partial charge >= 0.3 is 0 Å². The summed E-state index contributed by atoms with van der Waals surface area (Å²) >= 11 is 4.74. The van der Waals surface area contributed by atoms with Gasteiger partial charge in [-0.3, -0.25) is 9.59 Å². The Morgan fingerprint density at radius 3 is 2.92 bits per heavy atom. The summed E-state index contributed by atoms with van der Waals surface area (Å²) in [7, 11) is 1.62. The molecule has 0 bridgehead atoms. The summed E-state index contributed by atoms with van der Waals surface area (Å²) < 4.78 is 14.6.